The number of rotatable bonds is 3. The molecule has 1 nitrogen and oxygen atoms in total. The second-order valence-corrected chi connectivity index (χ2v) is 4.65. The van der Waals surface area contributed by atoms with E-state index in [-0.39, 0.29) is 0 Å². The van der Waals surface area contributed by atoms with Crippen LogP contribution in [0.15, 0.2) is 41.8 Å². The molecule has 0 N–H and O–H groups in total. The number of thiophene rings is 1. The van der Waals surface area contributed by atoms with Gasteiger partial charge in [-0.1, -0.05) is 31.2 Å². The maximum Gasteiger partial charge on any atom is 0.0997 e. The predicted octanol–water partition coefficient (Wildman–Crippen LogP) is 4.57. The molecular weight excluding hydrogens is 226 g/mol. The SMILES string of the molecule is CC/C(=C\c1ccccc1C#N)c1cccs1. The van der Waals surface area contributed by atoms with Crippen LogP contribution in [0.3, 0.4) is 0 Å². The number of hydrogen-bond acceptors (Lipinski definition) is 2. The Morgan fingerprint density at radius 1 is 1.29 bits per heavy atom. The summed E-state index contributed by atoms with van der Waals surface area (Å²) < 4.78 is 0. The summed E-state index contributed by atoms with van der Waals surface area (Å²) >= 11 is 1.74. The topological polar surface area (TPSA) is 23.8 Å². The lowest BCUT2D eigenvalue weighted by atomic mass is 10.0. The summed E-state index contributed by atoms with van der Waals surface area (Å²) in [7, 11) is 0. The van der Waals surface area contributed by atoms with E-state index < -0.39 is 0 Å². The molecule has 0 bridgehead atoms. The van der Waals surface area contributed by atoms with E-state index in [4.69, 9.17) is 5.26 Å². The molecule has 0 atom stereocenters. The molecule has 1 aromatic carbocycles. The third-order valence-corrected chi connectivity index (χ3v) is 3.57. The van der Waals surface area contributed by atoms with E-state index in [9.17, 15) is 0 Å². The summed E-state index contributed by atoms with van der Waals surface area (Å²) in [5.41, 5.74) is 3.01. The van der Waals surface area contributed by atoms with Gasteiger partial charge < -0.3 is 0 Å². The van der Waals surface area contributed by atoms with E-state index in [1.807, 2.05) is 24.3 Å². The summed E-state index contributed by atoms with van der Waals surface area (Å²) in [6, 6.07) is 14.1. The molecule has 2 rings (SSSR count). The van der Waals surface area contributed by atoms with Crippen molar-refractivity contribution in [2.75, 3.05) is 0 Å². The summed E-state index contributed by atoms with van der Waals surface area (Å²) in [5.74, 6) is 0. The first-order chi connectivity index (χ1) is 8.35. The second kappa shape index (κ2) is 5.47. The van der Waals surface area contributed by atoms with Crippen molar-refractivity contribution in [3.05, 3.63) is 57.8 Å². The fraction of sp³-hybridized carbons (Fsp3) is 0.133. The van der Waals surface area contributed by atoms with Gasteiger partial charge in [-0.05, 0) is 41.1 Å². The molecule has 1 heterocycles. The summed E-state index contributed by atoms with van der Waals surface area (Å²) in [6.45, 7) is 2.14. The lowest BCUT2D eigenvalue weighted by Gasteiger charge is -2.03. The van der Waals surface area contributed by atoms with Gasteiger partial charge >= 0.3 is 0 Å². The van der Waals surface area contributed by atoms with Crippen molar-refractivity contribution in [3.8, 4) is 6.07 Å². The number of nitrogens with zero attached hydrogens (tertiary/aromatic N) is 1. The van der Waals surface area contributed by atoms with Crippen molar-refractivity contribution in [1.29, 1.82) is 5.26 Å². The molecular formula is C15H13NS. The second-order valence-electron chi connectivity index (χ2n) is 3.70. The maximum atomic E-state index is 9.06. The first-order valence-corrected chi connectivity index (χ1v) is 6.46. The minimum absolute atomic E-state index is 0.731. The van der Waals surface area contributed by atoms with Gasteiger partial charge in [0.25, 0.3) is 0 Å². The molecule has 0 radical (unpaired) electrons. The van der Waals surface area contributed by atoms with Gasteiger partial charge in [0, 0.05) is 4.88 Å². The van der Waals surface area contributed by atoms with Crippen LogP contribution in [0, 0.1) is 11.3 Å². The third kappa shape index (κ3) is 2.64. The van der Waals surface area contributed by atoms with Gasteiger partial charge in [0.1, 0.15) is 0 Å². The van der Waals surface area contributed by atoms with Gasteiger partial charge in [-0.3, -0.25) is 0 Å². The van der Waals surface area contributed by atoms with Crippen molar-refractivity contribution >= 4 is 23.0 Å². The van der Waals surface area contributed by atoms with Crippen molar-refractivity contribution in [3.63, 3.8) is 0 Å². The highest BCUT2D eigenvalue weighted by Gasteiger charge is 2.03. The fourth-order valence-corrected chi connectivity index (χ4v) is 2.54. The first kappa shape index (κ1) is 11.6. The Labute approximate surface area is 106 Å². The van der Waals surface area contributed by atoms with Crippen LogP contribution < -0.4 is 0 Å². The van der Waals surface area contributed by atoms with Crippen molar-refractivity contribution in [1.82, 2.24) is 0 Å². The molecule has 0 aliphatic heterocycles. The van der Waals surface area contributed by atoms with Gasteiger partial charge in [-0.15, -0.1) is 11.3 Å². The van der Waals surface area contributed by atoms with E-state index in [0.29, 0.717) is 0 Å². The standard InChI is InChI=1S/C15H13NS/c1-2-12(15-8-5-9-17-15)10-13-6-3-4-7-14(13)11-16/h3-10H,2H2,1H3/b12-10+. The van der Waals surface area contributed by atoms with Crippen LogP contribution in [0.2, 0.25) is 0 Å². The van der Waals surface area contributed by atoms with Gasteiger partial charge in [-0.2, -0.15) is 5.26 Å². The number of benzene rings is 1. The van der Waals surface area contributed by atoms with Crippen LogP contribution in [0.5, 0.6) is 0 Å². The van der Waals surface area contributed by atoms with Crippen LogP contribution >= 0.6 is 11.3 Å². The van der Waals surface area contributed by atoms with Crippen molar-refractivity contribution in [2.24, 2.45) is 0 Å². The maximum absolute atomic E-state index is 9.06. The largest absolute Gasteiger partial charge is 0.192 e. The Balaban J connectivity index is 2.44. The van der Waals surface area contributed by atoms with Crippen LogP contribution in [-0.2, 0) is 0 Å². The zero-order valence-electron chi connectivity index (χ0n) is 9.68. The van der Waals surface area contributed by atoms with E-state index in [1.165, 1.54) is 10.5 Å². The molecule has 2 heteroatoms. The Hall–Kier alpha value is -1.85. The zero-order chi connectivity index (χ0) is 12.1. The average Bonchev–Trinajstić information content (AvgIpc) is 2.90. The van der Waals surface area contributed by atoms with Gasteiger partial charge in [-0.25, -0.2) is 0 Å². The minimum Gasteiger partial charge on any atom is -0.192 e. The lowest BCUT2D eigenvalue weighted by molar-refractivity contribution is 1.26. The highest BCUT2D eigenvalue weighted by Crippen LogP contribution is 2.26. The van der Waals surface area contributed by atoms with Crippen LogP contribution in [0.4, 0.5) is 0 Å². The lowest BCUT2D eigenvalue weighted by Crippen LogP contribution is -1.83. The van der Waals surface area contributed by atoms with Gasteiger partial charge in [0.15, 0.2) is 0 Å². The predicted molar refractivity (Wildman–Crippen MR) is 73.6 cm³/mol. The molecule has 0 saturated carbocycles. The van der Waals surface area contributed by atoms with E-state index in [1.54, 1.807) is 11.3 Å². The summed E-state index contributed by atoms with van der Waals surface area (Å²) in [5, 5.41) is 11.1. The smallest absolute Gasteiger partial charge is 0.0997 e. The third-order valence-electron chi connectivity index (χ3n) is 2.63. The highest BCUT2D eigenvalue weighted by atomic mass is 32.1. The Kier molecular flexibility index (Phi) is 3.74. The van der Waals surface area contributed by atoms with Gasteiger partial charge in [0.2, 0.25) is 0 Å². The number of allylic oxidation sites excluding steroid dienone is 1. The van der Waals surface area contributed by atoms with Crippen LogP contribution in [0.25, 0.3) is 11.6 Å². The molecule has 0 saturated heterocycles. The Bertz CT molecular complexity index is 559. The molecule has 0 aliphatic carbocycles. The van der Waals surface area contributed by atoms with E-state index >= 15 is 0 Å². The summed E-state index contributed by atoms with van der Waals surface area (Å²) in [6.07, 6.45) is 3.09. The Morgan fingerprint density at radius 2 is 2.12 bits per heavy atom. The fourth-order valence-electron chi connectivity index (χ4n) is 1.72. The molecule has 1 aromatic heterocycles. The van der Waals surface area contributed by atoms with Gasteiger partial charge in [0.05, 0.1) is 11.6 Å². The number of hydrogen-bond donors (Lipinski definition) is 0. The molecule has 0 unspecified atom stereocenters. The molecule has 0 fully saturated rings. The quantitative estimate of drug-likeness (QED) is 0.769. The molecule has 0 spiro atoms. The number of nitriles is 1. The normalized spacial score (nSPS) is 11.2. The van der Waals surface area contributed by atoms with E-state index in [2.05, 4.69) is 36.6 Å². The monoisotopic (exact) mass is 239 g/mol. The molecule has 17 heavy (non-hydrogen) atoms. The zero-order valence-corrected chi connectivity index (χ0v) is 10.5. The molecule has 84 valence electrons. The summed E-state index contributed by atoms with van der Waals surface area (Å²) in [4.78, 5) is 1.28. The van der Waals surface area contributed by atoms with Crippen LogP contribution in [-0.4, -0.2) is 0 Å². The van der Waals surface area contributed by atoms with E-state index in [0.717, 1.165) is 17.5 Å². The minimum atomic E-state index is 0.731. The van der Waals surface area contributed by atoms with Crippen LogP contribution in [0.1, 0.15) is 29.3 Å². The highest BCUT2D eigenvalue weighted by molar-refractivity contribution is 7.11. The molecule has 0 aliphatic rings. The van der Waals surface area contributed by atoms with Crippen molar-refractivity contribution in [2.45, 2.75) is 13.3 Å². The average molecular weight is 239 g/mol. The molecule has 2 aromatic rings. The van der Waals surface area contributed by atoms with Crippen molar-refractivity contribution < 1.29 is 0 Å². The first-order valence-electron chi connectivity index (χ1n) is 5.58. The Morgan fingerprint density at radius 3 is 2.76 bits per heavy atom. The molecule has 0 amide bonds.